The number of hydrogen-bond acceptors (Lipinski definition) is 5. The lowest BCUT2D eigenvalue weighted by Crippen LogP contribution is -2.48. The van der Waals surface area contributed by atoms with Crippen LogP contribution < -0.4 is 10.2 Å². The van der Waals surface area contributed by atoms with Crippen LogP contribution in [0.5, 0.6) is 0 Å². The second-order valence-corrected chi connectivity index (χ2v) is 8.30. The summed E-state index contributed by atoms with van der Waals surface area (Å²) in [6, 6.07) is 6.25. The summed E-state index contributed by atoms with van der Waals surface area (Å²) in [5.74, 6) is 0.232. The highest BCUT2D eigenvalue weighted by Crippen LogP contribution is 2.41. The molecule has 2 saturated heterocycles. The second-order valence-electron chi connectivity index (χ2n) is 8.30. The van der Waals surface area contributed by atoms with Crippen LogP contribution in [-0.2, 0) is 10.9 Å². The first-order chi connectivity index (χ1) is 14.8. The van der Waals surface area contributed by atoms with Gasteiger partial charge in [-0.15, -0.1) is 0 Å². The van der Waals surface area contributed by atoms with Crippen LogP contribution >= 0.6 is 0 Å². The van der Waals surface area contributed by atoms with E-state index in [0.717, 1.165) is 56.9 Å². The van der Waals surface area contributed by atoms with Gasteiger partial charge in [-0.3, -0.25) is 4.79 Å². The number of halogens is 3. The maximum Gasteiger partial charge on any atom is 0.416 e. The fraction of sp³-hybridized carbons (Fsp3) is 0.500. The van der Waals surface area contributed by atoms with Crippen molar-refractivity contribution in [3.63, 3.8) is 0 Å². The molecule has 0 aliphatic carbocycles. The summed E-state index contributed by atoms with van der Waals surface area (Å²) in [6.45, 7) is 2.67. The molecule has 0 saturated carbocycles. The molecule has 1 amide bonds. The second kappa shape index (κ2) is 8.82. The molecule has 1 aromatic heterocycles. The molecular weight excluding hydrogens is 409 g/mol. The molecule has 0 radical (unpaired) electrons. The molecule has 9 heteroatoms. The molecule has 6 nitrogen and oxygen atoms in total. The van der Waals surface area contributed by atoms with Crippen molar-refractivity contribution in [3.8, 4) is 0 Å². The van der Waals surface area contributed by atoms with Crippen LogP contribution in [-0.4, -0.2) is 48.2 Å². The third-order valence-corrected chi connectivity index (χ3v) is 6.22. The average molecular weight is 434 g/mol. The molecule has 2 fully saturated rings. The predicted molar refractivity (Wildman–Crippen MR) is 109 cm³/mol. The van der Waals surface area contributed by atoms with Gasteiger partial charge >= 0.3 is 6.18 Å². The number of hydrogen-bond donors (Lipinski definition) is 1. The first-order valence-corrected chi connectivity index (χ1v) is 10.4. The average Bonchev–Trinajstić information content (AvgIpc) is 2.79. The van der Waals surface area contributed by atoms with Gasteiger partial charge in [-0.25, -0.2) is 9.97 Å². The van der Waals surface area contributed by atoms with E-state index in [1.165, 1.54) is 12.1 Å². The normalized spacial score (nSPS) is 21.1. The molecule has 2 aromatic rings. The summed E-state index contributed by atoms with van der Waals surface area (Å²) >= 11 is 0. The van der Waals surface area contributed by atoms with Gasteiger partial charge in [0.1, 0.15) is 0 Å². The van der Waals surface area contributed by atoms with E-state index >= 15 is 0 Å². The number of piperidine rings is 1. The first kappa shape index (κ1) is 21.5. The van der Waals surface area contributed by atoms with Gasteiger partial charge in [-0.1, -0.05) is 6.07 Å². The van der Waals surface area contributed by atoms with Gasteiger partial charge in [0.05, 0.1) is 18.3 Å². The quantitative estimate of drug-likeness (QED) is 0.795. The number of carbonyl (C=O) groups is 1. The van der Waals surface area contributed by atoms with Crippen LogP contribution in [0.15, 0.2) is 42.7 Å². The lowest BCUT2D eigenvalue weighted by Gasteiger charge is -2.45. The number of amides is 1. The molecule has 4 rings (SSSR count). The van der Waals surface area contributed by atoms with Gasteiger partial charge in [-0.05, 0) is 55.4 Å². The molecule has 2 aliphatic rings. The maximum atomic E-state index is 12.8. The van der Waals surface area contributed by atoms with Crippen molar-refractivity contribution in [2.75, 3.05) is 31.1 Å². The molecule has 1 atom stereocenters. The zero-order valence-corrected chi connectivity index (χ0v) is 17.1. The monoisotopic (exact) mass is 434 g/mol. The number of rotatable bonds is 4. The van der Waals surface area contributed by atoms with Crippen molar-refractivity contribution in [1.29, 1.82) is 0 Å². The van der Waals surface area contributed by atoms with E-state index in [0.29, 0.717) is 6.61 Å². The van der Waals surface area contributed by atoms with Crippen molar-refractivity contribution in [3.05, 3.63) is 53.9 Å². The van der Waals surface area contributed by atoms with E-state index in [2.05, 4.69) is 20.2 Å². The highest BCUT2D eigenvalue weighted by Gasteiger charge is 2.39. The number of carbonyl (C=O) groups excluding carboxylic acids is 1. The van der Waals surface area contributed by atoms with Gasteiger partial charge in [0.15, 0.2) is 0 Å². The van der Waals surface area contributed by atoms with Crippen LogP contribution in [0.2, 0.25) is 0 Å². The number of nitrogens with one attached hydrogen (secondary N) is 1. The van der Waals surface area contributed by atoms with E-state index in [1.807, 2.05) is 0 Å². The van der Waals surface area contributed by atoms with Gasteiger partial charge in [0, 0.05) is 37.6 Å². The summed E-state index contributed by atoms with van der Waals surface area (Å²) in [4.78, 5) is 23.1. The minimum atomic E-state index is -4.47. The largest absolute Gasteiger partial charge is 0.416 e. The van der Waals surface area contributed by atoms with E-state index in [-0.39, 0.29) is 23.6 Å². The Bertz CT molecular complexity index is 889. The molecule has 1 aromatic carbocycles. The Hall–Kier alpha value is -2.68. The zero-order valence-electron chi connectivity index (χ0n) is 17.1. The van der Waals surface area contributed by atoms with Gasteiger partial charge in [-0.2, -0.15) is 13.2 Å². The van der Waals surface area contributed by atoms with Crippen LogP contribution in [0.3, 0.4) is 0 Å². The number of ether oxygens (including phenoxy) is 1. The highest BCUT2D eigenvalue weighted by atomic mass is 19.4. The minimum absolute atomic E-state index is 0.00222. The van der Waals surface area contributed by atoms with Crippen molar-refractivity contribution >= 4 is 11.9 Å². The standard InChI is InChI=1S/C22H25F3N4O2/c23-22(24,25)17-4-1-3-16(13-17)19(30)28-14-18-5-6-21(15-31-18)7-11-29(12-8-21)20-26-9-2-10-27-20/h1-4,9-10,13,18H,5-8,11-12,14-15H2,(H,28,30)/t18-/m1/s1. The Balaban J connectivity index is 1.24. The Morgan fingerprint density at radius 2 is 1.90 bits per heavy atom. The molecule has 1 N–H and O–H groups in total. The Morgan fingerprint density at radius 3 is 2.55 bits per heavy atom. The molecule has 0 bridgehead atoms. The fourth-order valence-corrected chi connectivity index (χ4v) is 4.25. The Morgan fingerprint density at radius 1 is 1.16 bits per heavy atom. The van der Waals surface area contributed by atoms with Gasteiger partial charge in [0.25, 0.3) is 5.91 Å². The minimum Gasteiger partial charge on any atom is -0.376 e. The molecule has 31 heavy (non-hydrogen) atoms. The first-order valence-electron chi connectivity index (χ1n) is 10.4. The Kier molecular flexibility index (Phi) is 6.13. The number of alkyl halides is 3. The number of nitrogens with zero attached hydrogens (tertiary/aromatic N) is 3. The van der Waals surface area contributed by atoms with Crippen LogP contribution in [0.1, 0.15) is 41.6 Å². The zero-order chi connectivity index (χ0) is 21.9. The molecule has 0 unspecified atom stereocenters. The summed E-state index contributed by atoms with van der Waals surface area (Å²) in [5, 5.41) is 2.71. The van der Waals surface area contributed by atoms with Gasteiger partial charge in [0.2, 0.25) is 5.95 Å². The van der Waals surface area contributed by atoms with Crippen LogP contribution in [0.4, 0.5) is 19.1 Å². The number of benzene rings is 1. The van der Waals surface area contributed by atoms with E-state index in [4.69, 9.17) is 4.74 Å². The molecule has 166 valence electrons. The third-order valence-electron chi connectivity index (χ3n) is 6.22. The van der Waals surface area contributed by atoms with E-state index < -0.39 is 17.6 Å². The highest BCUT2D eigenvalue weighted by molar-refractivity contribution is 5.94. The van der Waals surface area contributed by atoms with Crippen molar-refractivity contribution in [2.24, 2.45) is 5.41 Å². The van der Waals surface area contributed by atoms with Gasteiger partial charge < -0.3 is 15.0 Å². The summed E-state index contributed by atoms with van der Waals surface area (Å²) in [6.07, 6.45) is 2.69. The molecule has 1 spiro atoms. The fourth-order valence-electron chi connectivity index (χ4n) is 4.25. The predicted octanol–water partition coefficient (Wildman–Crippen LogP) is 3.69. The maximum absolute atomic E-state index is 12.8. The van der Waals surface area contributed by atoms with E-state index in [1.54, 1.807) is 18.5 Å². The Labute approximate surface area is 178 Å². The summed E-state index contributed by atoms with van der Waals surface area (Å²) in [7, 11) is 0. The summed E-state index contributed by atoms with van der Waals surface area (Å²) < 4.78 is 44.6. The van der Waals surface area contributed by atoms with Crippen molar-refractivity contribution in [2.45, 2.75) is 38.0 Å². The molecule has 3 heterocycles. The lowest BCUT2D eigenvalue weighted by molar-refractivity contribution is -0.137. The SMILES string of the molecule is O=C(NC[C@H]1CCC2(CCN(c3ncccn3)CC2)CO1)c1cccc(C(F)(F)F)c1. The molecular formula is C22H25F3N4O2. The van der Waals surface area contributed by atoms with Crippen LogP contribution in [0.25, 0.3) is 0 Å². The summed E-state index contributed by atoms with van der Waals surface area (Å²) in [5.41, 5.74) is -0.701. The van der Waals surface area contributed by atoms with E-state index in [9.17, 15) is 18.0 Å². The smallest absolute Gasteiger partial charge is 0.376 e. The topological polar surface area (TPSA) is 67.4 Å². The lowest BCUT2D eigenvalue weighted by atomic mass is 9.73. The van der Waals surface area contributed by atoms with Crippen molar-refractivity contribution < 1.29 is 22.7 Å². The third kappa shape index (κ3) is 5.15. The number of aromatic nitrogens is 2. The van der Waals surface area contributed by atoms with Crippen molar-refractivity contribution in [1.82, 2.24) is 15.3 Å². The van der Waals surface area contributed by atoms with Crippen LogP contribution in [0, 0.1) is 5.41 Å². The molecule has 2 aliphatic heterocycles. The number of anilines is 1.